The molecular formula is C62H46F4N4. The molecule has 0 fully saturated rings. The highest BCUT2D eigenvalue weighted by Crippen LogP contribution is 2.49. The Morgan fingerprint density at radius 2 is 0.871 bits per heavy atom. The molecule has 0 atom stereocenters. The summed E-state index contributed by atoms with van der Waals surface area (Å²) in [7, 11) is 0. The molecule has 0 aliphatic heterocycles. The number of rotatable bonds is 8. The molecule has 0 bridgehead atoms. The van der Waals surface area contributed by atoms with Gasteiger partial charge in [-0.25, -0.2) is 22.4 Å². The van der Waals surface area contributed by atoms with Gasteiger partial charge in [-0.2, -0.15) is 5.26 Å². The van der Waals surface area contributed by atoms with E-state index >= 15 is 17.6 Å². The normalized spacial score (nSPS) is 11.8. The van der Waals surface area contributed by atoms with Crippen LogP contribution in [0.3, 0.4) is 0 Å². The van der Waals surface area contributed by atoms with Crippen LogP contribution in [-0.2, 0) is 10.8 Å². The van der Waals surface area contributed by atoms with Gasteiger partial charge in [-0.05, 0) is 115 Å². The van der Waals surface area contributed by atoms with Crippen molar-refractivity contribution in [1.29, 1.82) is 5.26 Å². The minimum Gasteiger partial charge on any atom is -0.307 e. The van der Waals surface area contributed by atoms with Crippen molar-refractivity contribution < 1.29 is 17.6 Å². The van der Waals surface area contributed by atoms with Gasteiger partial charge < -0.3 is 9.80 Å². The smallest absolute Gasteiger partial charge is 0.187 e. The summed E-state index contributed by atoms with van der Waals surface area (Å²) in [6, 6.07) is 51.8. The van der Waals surface area contributed by atoms with Crippen molar-refractivity contribution in [3.63, 3.8) is 0 Å². The molecule has 0 heterocycles. The third-order valence-electron chi connectivity index (χ3n) is 13.2. The second-order valence-corrected chi connectivity index (χ2v) is 19.8. The van der Waals surface area contributed by atoms with Crippen LogP contribution in [0.4, 0.5) is 57.4 Å². The van der Waals surface area contributed by atoms with Gasteiger partial charge in [0.25, 0.3) is 0 Å². The van der Waals surface area contributed by atoms with E-state index in [1.165, 1.54) is 0 Å². The van der Waals surface area contributed by atoms with Gasteiger partial charge in [0.1, 0.15) is 23.3 Å². The Hall–Kier alpha value is -8.46. The Balaban J connectivity index is 1.21. The monoisotopic (exact) mass is 922 g/mol. The van der Waals surface area contributed by atoms with Crippen molar-refractivity contribution in [1.82, 2.24) is 0 Å². The molecule has 0 aliphatic carbocycles. The molecule has 0 saturated heterocycles. The van der Waals surface area contributed by atoms with Crippen molar-refractivity contribution in [2.24, 2.45) is 0 Å². The molecule has 0 unspecified atom stereocenters. The van der Waals surface area contributed by atoms with Crippen molar-refractivity contribution in [2.45, 2.75) is 52.4 Å². The van der Waals surface area contributed by atoms with Crippen LogP contribution in [0.15, 0.2) is 170 Å². The summed E-state index contributed by atoms with van der Waals surface area (Å²) in [5.41, 5.74) is 6.52. The van der Waals surface area contributed by atoms with Gasteiger partial charge in [0, 0.05) is 45.4 Å². The molecule has 0 amide bonds. The molecule has 10 aromatic carbocycles. The maximum atomic E-state index is 16.7. The van der Waals surface area contributed by atoms with Crippen molar-refractivity contribution in [3.05, 3.63) is 221 Å². The first-order chi connectivity index (χ1) is 33.5. The molecule has 8 heteroatoms. The summed E-state index contributed by atoms with van der Waals surface area (Å²) >= 11 is 0. The summed E-state index contributed by atoms with van der Waals surface area (Å²) in [5.74, 6) is -2.96. The number of nitrogens with zero attached hydrogens (tertiary/aromatic N) is 4. The molecule has 0 saturated carbocycles. The first-order valence-corrected chi connectivity index (χ1v) is 23.0. The number of anilines is 6. The number of hydrogen-bond acceptors (Lipinski definition) is 3. The minimum absolute atomic E-state index is 0.0997. The van der Waals surface area contributed by atoms with Crippen LogP contribution < -0.4 is 9.80 Å². The zero-order chi connectivity index (χ0) is 49.2. The SMILES string of the molecule is [C-]#[N+]c1ccc(N(c2cc(-c3cccc(C(C)(C)C)c3)c(F)cc2F)c2ccc3ccc4c(N(c5ccc(C#N)cc5)c5cc(-c6cccc(C(C)(C)C)c6)c(F)cc5F)ccc5ccc2c3c54)cc1. The van der Waals surface area contributed by atoms with Gasteiger partial charge in [-0.1, -0.05) is 139 Å². The first kappa shape index (κ1) is 45.3. The largest absolute Gasteiger partial charge is 0.307 e. The summed E-state index contributed by atoms with van der Waals surface area (Å²) in [6.07, 6.45) is 0. The average molecular weight is 923 g/mol. The average Bonchev–Trinajstić information content (AvgIpc) is 3.35. The molecule has 0 radical (unpaired) electrons. The van der Waals surface area contributed by atoms with Crippen LogP contribution in [0.25, 0.3) is 59.4 Å². The molecule has 0 aromatic heterocycles. The number of halogens is 4. The minimum atomic E-state index is -0.781. The first-order valence-electron chi connectivity index (χ1n) is 23.0. The topological polar surface area (TPSA) is 34.6 Å². The zero-order valence-corrected chi connectivity index (χ0v) is 39.5. The van der Waals surface area contributed by atoms with Gasteiger partial charge in [-0.3, -0.25) is 0 Å². The summed E-state index contributed by atoms with van der Waals surface area (Å²) in [4.78, 5) is 7.12. The lowest BCUT2D eigenvalue weighted by molar-refractivity contribution is 0.584. The zero-order valence-electron chi connectivity index (χ0n) is 39.5. The molecule has 70 heavy (non-hydrogen) atoms. The van der Waals surface area contributed by atoms with Crippen LogP contribution in [-0.4, -0.2) is 0 Å². The van der Waals surface area contributed by atoms with E-state index in [4.69, 9.17) is 6.57 Å². The van der Waals surface area contributed by atoms with Gasteiger partial charge in [0.15, 0.2) is 5.69 Å². The molecule has 10 aromatic rings. The summed E-state index contributed by atoms with van der Waals surface area (Å²) in [5, 5.41) is 14.7. The molecule has 4 nitrogen and oxygen atoms in total. The molecule has 0 aliphatic rings. The van der Waals surface area contributed by atoms with Crippen LogP contribution in [0, 0.1) is 41.2 Å². The van der Waals surface area contributed by atoms with E-state index in [0.717, 1.165) is 55.6 Å². The van der Waals surface area contributed by atoms with Crippen LogP contribution >= 0.6 is 0 Å². The van der Waals surface area contributed by atoms with Gasteiger partial charge >= 0.3 is 0 Å². The summed E-state index contributed by atoms with van der Waals surface area (Å²) < 4.78 is 65.7. The standard InChI is InChI=1S/C62H46F4N4/c1-61(2,3)42-12-8-10-40(30-42)49-32-57(53(65)34-51(49)63)69(45-22-14-37(36-67)15-23-45)55-28-18-38-17-27-48-56(29-19-39-16-26-47(55)59(38)60(39)48)70(46-24-20-44(68-7)21-25-46)58-33-50(52(64)35-54(58)66)41-11-9-13-43(31-41)62(4,5)6/h8-35H,1-6H3. The maximum Gasteiger partial charge on any atom is 0.187 e. The van der Waals surface area contributed by atoms with Crippen LogP contribution in [0.2, 0.25) is 0 Å². The maximum absolute atomic E-state index is 16.7. The third-order valence-corrected chi connectivity index (χ3v) is 13.2. The molecule has 342 valence electrons. The Morgan fingerprint density at radius 3 is 1.27 bits per heavy atom. The van der Waals surface area contributed by atoms with E-state index in [9.17, 15) is 5.26 Å². The fourth-order valence-corrected chi connectivity index (χ4v) is 9.50. The Labute approximate surface area is 405 Å². The van der Waals surface area contributed by atoms with E-state index < -0.39 is 23.3 Å². The quantitative estimate of drug-likeness (QED) is 0.0865. The Kier molecular flexibility index (Phi) is 11.2. The molecular weight excluding hydrogens is 877 g/mol. The predicted molar refractivity (Wildman–Crippen MR) is 279 cm³/mol. The van der Waals surface area contributed by atoms with E-state index in [0.29, 0.717) is 45.1 Å². The van der Waals surface area contributed by atoms with Gasteiger partial charge in [0.05, 0.1) is 41.0 Å². The van der Waals surface area contributed by atoms with Crippen molar-refractivity contribution in [3.8, 4) is 28.3 Å². The van der Waals surface area contributed by atoms with E-state index in [1.54, 1.807) is 70.5 Å². The van der Waals surface area contributed by atoms with Gasteiger partial charge in [0.2, 0.25) is 0 Å². The number of benzene rings is 10. The Bertz CT molecular complexity index is 3510. The highest BCUT2D eigenvalue weighted by molar-refractivity contribution is 6.28. The van der Waals surface area contributed by atoms with Crippen LogP contribution in [0.5, 0.6) is 0 Å². The van der Waals surface area contributed by atoms with Gasteiger partial charge in [-0.15, -0.1) is 0 Å². The molecule has 10 rings (SSSR count). The van der Waals surface area contributed by atoms with Crippen LogP contribution in [0.1, 0.15) is 58.2 Å². The fourth-order valence-electron chi connectivity index (χ4n) is 9.50. The van der Waals surface area contributed by atoms with E-state index in [1.807, 2.05) is 97.1 Å². The number of hydrogen-bond donors (Lipinski definition) is 0. The molecule has 0 spiro atoms. The van der Waals surface area contributed by atoms with E-state index in [-0.39, 0.29) is 33.3 Å². The lowest BCUT2D eigenvalue weighted by Crippen LogP contribution is -2.14. The van der Waals surface area contributed by atoms with Crippen molar-refractivity contribution in [2.75, 3.05) is 9.80 Å². The third kappa shape index (κ3) is 8.02. The summed E-state index contributed by atoms with van der Waals surface area (Å²) in [6.45, 7) is 20.1. The van der Waals surface area contributed by atoms with Crippen molar-refractivity contribution >= 4 is 72.1 Å². The lowest BCUT2D eigenvalue weighted by Gasteiger charge is -2.30. The second-order valence-electron chi connectivity index (χ2n) is 19.8. The lowest BCUT2D eigenvalue weighted by atomic mass is 9.85. The second kappa shape index (κ2) is 17.3. The highest BCUT2D eigenvalue weighted by atomic mass is 19.1. The van der Waals surface area contributed by atoms with E-state index in [2.05, 4.69) is 52.5 Å². The Morgan fingerprint density at radius 1 is 0.457 bits per heavy atom. The number of nitriles is 1. The molecule has 0 N–H and O–H groups in total. The fraction of sp³-hybridized carbons (Fsp3) is 0.129. The highest BCUT2D eigenvalue weighted by Gasteiger charge is 2.27. The predicted octanol–water partition coefficient (Wildman–Crippen LogP) is 18.4.